The minimum atomic E-state index is -0.126. The Kier molecular flexibility index (Phi) is 4.89. The Labute approximate surface area is 200 Å². The predicted molar refractivity (Wildman–Crippen MR) is 135 cm³/mol. The molecule has 0 bridgehead atoms. The average molecular weight is 466 g/mol. The molecule has 3 heterocycles. The first-order valence-corrected chi connectivity index (χ1v) is 11.4. The molecule has 6 aromatic rings. The molecule has 6 rings (SSSR count). The predicted octanol–water partition coefficient (Wildman–Crippen LogP) is 5.35. The van der Waals surface area contributed by atoms with Crippen LogP contribution in [0.2, 0.25) is 5.02 Å². The topological polar surface area (TPSA) is 65.6 Å². The van der Waals surface area contributed by atoms with Crippen LogP contribution in [0.25, 0.3) is 33.2 Å². The van der Waals surface area contributed by atoms with E-state index in [1.807, 2.05) is 78.2 Å². The van der Waals surface area contributed by atoms with E-state index < -0.39 is 0 Å². The maximum atomic E-state index is 13.9. The van der Waals surface area contributed by atoms with Gasteiger partial charge in [-0.05, 0) is 42.3 Å². The Hall–Kier alpha value is -4.03. The van der Waals surface area contributed by atoms with Crippen LogP contribution in [0.4, 0.5) is 0 Å². The number of aryl methyl sites for hydroxylation is 1. The van der Waals surface area contributed by atoms with E-state index in [1.165, 1.54) is 0 Å². The molecule has 34 heavy (non-hydrogen) atoms. The fourth-order valence-electron chi connectivity index (χ4n) is 4.37. The number of hydrogen-bond acceptors (Lipinski definition) is 4. The normalized spacial score (nSPS) is 11.6. The lowest BCUT2D eigenvalue weighted by molar-refractivity contribution is 0.707. The Morgan fingerprint density at radius 2 is 1.32 bits per heavy atom. The highest BCUT2D eigenvalue weighted by Gasteiger charge is 2.21. The number of fused-ring (bicyclic) bond motifs is 4. The summed E-state index contributed by atoms with van der Waals surface area (Å²) in [5.74, 6) is 0.633. The fourth-order valence-corrected chi connectivity index (χ4v) is 4.50. The number of nitrogens with zero attached hydrogens (tertiary/aromatic N) is 5. The maximum absolute atomic E-state index is 13.9. The number of aromatic nitrogens is 5. The van der Waals surface area contributed by atoms with Crippen molar-refractivity contribution in [1.29, 1.82) is 0 Å². The van der Waals surface area contributed by atoms with Crippen molar-refractivity contribution in [3.8, 4) is 0 Å². The van der Waals surface area contributed by atoms with Crippen molar-refractivity contribution in [1.82, 2.24) is 24.1 Å². The van der Waals surface area contributed by atoms with Gasteiger partial charge in [-0.1, -0.05) is 66.2 Å². The van der Waals surface area contributed by atoms with E-state index in [4.69, 9.17) is 26.6 Å². The van der Waals surface area contributed by atoms with Crippen molar-refractivity contribution in [3.05, 3.63) is 111 Å². The molecule has 0 saturated carbocycles. The molecular formula is C27H20ClN5O. The van der Waals surface area contributed by atoms with Crippen molar-refractivity contribution >= 4 is 44.8 Å². The third kappa shape index (κ3) is 3.43. The van der Waals surface area contributed by atoms with E-state index in [0.717, 1.165) is 22.2 Å². The lowest BCUT2D eigenvalue weighted by atomic mass is 10.2. The van der Waals surface area contributed by atoms with Gasteiger partial charge in [0, 0.05) is 5.02 Å². The van der Waals surface area contributed by atoms with E-state index in [-0.39, 0.29) is 5.56 Å². The Balaban J connectivity index is 1.64. The van der Waals surface area contributed by atoms with Crippen LogP contribution in [0.3, 0.4) is 0 Å². The second-order valence-electron chi connectivity index (χ2n) is 8.33. The number of para-hydroxylation sites is 2. The average Bonchev–Trinajstić information content (AvgIpc) is 3.14. The highest BCUT2D eigenvalue weighted by molar-refractivity contribution is 6.30. The lowest BCUT2D eigenvalue weighted by Crippen LogP contribution is -2.24. The molecular weight excluding hydrogens is 446 g/mol. The number of rotatable bonds is 4. The van der Waals surface area contributed by atoms with Gasteiger partial charge < -0.3 is 4.57 Å². The van der Waals surface area contributed by atoms with Gasteiger partial charge in [-0.25, -0.2) is 15.0 Å². The van der Waals surface area contributed by atoms with Gasteiger partial charge in [0.1, 0.15) is 16.7 Å². The summed E-state index contributed by atoms with van der Waals surface area (Å²) < 4.78 is 3.69. The molecule has 166 valence electrons. The number of hydrogen-bond donors (Lipinski definition) is 0. The monoisotopic (exact) mass is 465 g/mol. The SMILES string of the molecule is Cc1nc2c(c(=O)n1Cc1ccc(Cl)cc1)c1nc3ccccc3nc1n2Cc1ccccc1. The first kappa shape index (κ1) is 20.6. The summed E-state index contributed by atoms with van der Waals surface area (Å²) in [7, 11) is 0. The Morgan fingerprint density at radius 1 is 0.706 bits per heavy atom. The molecule has 0 unspecified atom stereocenters. The summed E-state index contributed by atoms with van der Waals surface area (Å²) in [6.07, 6.45) is 0. The zero-order chi connectivity index (χ0) is 23.2. The Bertz CT molecular complexity index is 1740. The first-order valence-electron chi connectivity index (χ1n) is 11.0. The Morgan fingerprint density at radius 3 is 2.06 bits per heavy atom. The van der Waals surface area contributed by atoms with Gasteiger partial charge in [0.25, 0.3) is 5.56 Å². The van der Waals surface area contributed by atoms with Gasteiger partial charge >= 0.3 is 0 Å². The molecule has 0 aliphatic rings. The first-order chi connectivity index (χ1) is 16.6. The summed E-state index contributed by atoms with van der Waals surface area (Å²) in [4.78, 5) is 28.5. The fraction of sp³-hybridized carbons (Fsp3) is 0.111. The van der Waals surface area contributed by atoms with Crippen LogP contribution < -0.4 is 5.56 Å². The van der Waals surface area contributed by atoms with Crippen LogP contribution >= 0.6 is 11.6 Å². The standard InChI is InChI=1S/C27H20ClN5O/c1-17-29-25-23(27(34)32(17)15-19-11-13-20(28)14-12-19)24-26(31-22-10-6-5-9-21(22)30-24)33(25)16-18-7-3-2-4-8-18/h2-14H,15-16H2,1H3. The molecule has 0 aliphatic heterocycles. The zero-order valence-electron chi connectivity index (χ0n) is 18.4. The molecule has 0 N–H and O–H groups in total. The summed E-state index contributed by atoms with van der Waals surface area (Å²) in [6, 6.07) is 25.3. The van der Waals surface area contributed by atoms with Gasteiger partial charge in [-0.3, -0.25) is 9.36 Å². The summed E-state index contributed by atoms with van der Waals surface area (Å²) >= 11 is 6.04. The molecule has 3 aromatic heterocycles. The van der Waals surface area contributed by atoms with Crippen molar-refractivity contribution in [2.75, 3.05) is 0 Å². The van der Waals surface area contributed by atoms with Gasteiger partial charge in [0.15, 0.2) is 11.3 Å². The summed E-state index contributed by atoms with van der Waals surface area (Å²) in [5.41, 5.74) is 5.31. The summed E-state index contributed by atoms with van der Waals surface area (Å²) in [6.45, 7) is 2.80. The van der Waals surface area contributed by atoms with Gasteiger partial charge in [0.2, 0.25) is 0 Å². The van der Waals surface area contributed by atoms with Crippen molar-refractivity contribution in [2.24, 2.45) is 0 Å². The van der Waals surface area contributed by atoms with Gasteiger partial charge in [0.05, 0.1) is 24.1 Å². The lowest BCUT2D eigenvalue weighted by Gasteiger charge is -2.11. The third-order valence-corrected chi connectivity index (χ3v) is 6.33. The minimum absolute atomic E-state index is 0.126. The van der Waals surface area contributed by atoms with E-state index in [0.29, 0.717) is 46.1 Å². The maximum Gasteiger partial charge on any atom is 0.265 e. The highest BCUT2D eigenvalue weighted by atomic mass is 35.5. The molecule has 3 aromatic carbocycles. The highest BCUT2D eigenvalue weighted by Crippen LogP contribution is 2.26. The number of halogens is 1. The minimum Gasteiger partial charge on any atom is -0.304 e. The molecule has 0 fully saturated rings. The molecule has 0 saturated heterocycles. The zero-order valence-corrected chi connectivity index (χ0v) is 19.2. The van der Waals surface area contributed by atoms with Crippen LogP contribution in [0.1, 0.15) is 17.0 Å². The van der Waals surface area contributed by atoms with Crippen molar-refractivity contribution in [2.45, 2.75) is 20.0 Å². The second kappa shape index (κ2) is 8.08. The van der Waals surface area contributed by atoms with Crippen LogP contribution in [-0.4, -0.2) is 24.1 Å². The van der Waals surface area contributed by atoms with E-state index >= 15 is 0 Å². The summed E-state index contributed by atoms with van der Waals surface area (Å²) in [5, 5.41) is 1.15. The van der Waals surface area contributed by atoms with Crippen LogP contribution in [-0.2, 0) is 13.1 Å². The molecule has 0 aliphatic carbocycles. The van der Waals surface area contributed by atoms with Crippen molar-refractivity contribution < 1.29 is 0 Å². The van der Waals surface area contributed by atoms with Crippen LogP contribution in [0.15, 0.2) is 83.7 Å². The number of benzene rings is 3. The molecule has 0 atom stereocenters. The van der Waals surface area contributed by atoms with Gasteiger partial charge in [-0.15, -0.1) is 0 Å². The van der Waals surface area contributed by atoms with Crippen LogP contribution in [0, 0.1) is 6.92 Å². The molecule has 0 radical (unpaired) electrons. The van der Waals surface area contributed by atoms with Gasteiger partial charge in [-0.2, -0.15) is 0 Å². The smallest absolute Gasteiger partial charge is 0.265 e. The van der Waals surface area contributed by atoms with E-state index in [9.17, 15) is 4.79 Å². The largest absolute Gasteiger partial charge is 0.304 e. The second-order valence-corrected chi connectivity index (χ2v) is 8.77. The van der Waals surface area contributed by atoms with E-state index in [1.54, 1.807) is 4.57 Å². The van der Waals surface area contributed by atoms with Crippen molar-refractivity contribution in [3.63, 3.8) is 0 Å². The van der Waals surface area contributed by atoms with E-state index in [2.05, 4.69) is 12.1 Å². The molecule has 7 heteroatoms. The quantitative estimate of drug-likeness (QED) is 0.352. The van der Waals surface area contributed by atoms with Crippen LogP contribution in [0.5, 0.6) is 0 Å². The third-order valence-electron chi connectivity index (χ3n) is 6.08. The molecule has 6 nitrogen and oxygen atoms in total. The molecule has 0 amide bonds. The molecule has 0 spiro atoms.